The molecule has 0 aliphatic carbocycles. The number of nitrogens with zero attached hydrogens (tertiary/aromatic N) is 4. The third kappa shape index (κ3) is 3.96. The number of carbonyl (C=O) groups is 1. The maximum Gasteiger partial charge on any atom is 0.313 e. The lowest BCUT2D eigenvalue weighted by Crippen LogP contribution is -2.34. The van der Waals surface area contributed by atoms with Crippen molar-refractivity contribution in [3.63, 3.8) is 0 Å². The van der Waals surface area contributed by atoms with Crippen LogP contribution in [0, 0.1) is 6.92 Å². The second-order valence-corrected chi connectivity index (χ2v) is 6.23. The molecule has 0 amide bonds. The van der Waals surface area contributed by atoms with Crippen molar-refractivity contribution in [1.82, 2.24) is 19.7 Å². The molecule has 0 saturated carbocycles. The van der Waals surface area contributed by atoms with Crippen LogP contribution < -0.4 is 0 Å². The third-order valence-electron chi connectivity index (χ3n) is 3.57. The van der Waals surface area contributed by atoms with E-state index in [2.05, 4.69) is 26.6 Å². The van der Waals surface area contributed by atoms with Gasteiger partial charge in [-0.3, -0.25) is 4.79 Å². The minimum absolute atomic E-state index is 0.0224. The average molecular weight is 298 g/mol. The van der Waals surface area contributed by atoms with Crippen LogP contribution >= 0.6 is 11.8 Å². The summed E-state index contributed by atoms with van der Waals surface area (Å²) in [6.45, 7) is 7.35. The number of likely N-dealkylation sites (tertiary alicyclic amines) is 1. The van der Waals surface area contributed by atoms with Gasteiger partial charge in [-0.05, 0) is 39.8 Å². The van der Waals surface area contributed by atoms with Crippen molar-refractivity contribution < 1.29 is 9.90 Å². The summed E-state index contributed by atoms with van der Waals surface area (Å²) in [7, 11) is 0. The Balaban J connectivity index is 2.01. The molecule has 1 aliphatic heterocycles. The summed E-state index contributed by atoms with van der Waals surface area (Å²) < 4.78 is 2.06. The Morgan fingerprint density at radius 3 is 2.70 bits per heavy atom. The SMILES string of the molecule is Cc1nnc(SCC(=O)O)n1C(C)CN1CCCCC1. The zero-order chi connectivity index (χ0) is 14.5. The van der Waals surface area contributed by atoms with E-state index in [1.165, 1.54) is 31.0 Å². The molecular formula is C13H22N4O2S. The van der Waals surface area contributed by atoms with Gasteiger partial charge in [0, 0.05) is 12.6 Å². The molecule has 1 fully saturated rings. The molecule has 1 aliphatic rings. The number of hydrogen-bond donors (Lipinski definition) is 1. The lowest BCUT2D eigenvalue weighted by Gasteiger charge is -2.30. The van der Waals surface area contributed by atoms with Gasteiger partial charge >= 0.3 is 5.97 Å². The van der Waals surface area contributed by atoms with Crippen LogP contribution in [0.1, 0.15) is 38.1 Å². The molecule has 1 aromatic heterocycles. The van der Waals surface area contributed by atoms with Crippen molar-refractivity contribution in [1.29, 1.82) is 0 Å². The molecule has 0 spiro atoms. The van der Waals surface area contributed by atoms with Crippen molar-refractivity contribution in [2.45, 2.75) is 44.3 Å². The first-order valence-corrected chi connectivity index (χ1v) is 8.05. The topological polar surface area (TPSA) is 71.2 Å². The minimum Gasteiger partial charge on any atom is -0.481 e. The lowest BCUT2D eigenvalue weighted by molar-refractivity contribution is -0.133. The van der Waals surface area contributed by atoms with E-state index in [9.17, 15) is 4.79 Å². The van der Waals surface area contributed by atoms with Gasteiger partial charge in [-0.25, -0.2) is 0 Å². The number of aliphatic carboxylic acids is 1. The van der Waals surface area contributed by atoms with Gasteiger partial charge in [0.25, 0.3) is 0 Å². The summed E-state index contributed by atoms with van der Waals surface area (Å²) in [5.74, 6) is 0.0439. The molecule has 2 rings (SSSR count). The first-order valence-electron chi connectivity index (χ1n) is 7.06. The zero-order valence-corrected chi connectivity index (χ0v) is 12.9. The average Bonchev–Trinajstić information content (AvgIpc) is 2.78. The van der Waals surface area contributed by atoms with Crippen molar-refractivity contribution in [2.24, 2.45) is 0 Å². The molecule has 0 bridgehead atoms. The van der Waals surface area contributed by atoms with Crippen LogP contribution in [-0.2, 0) is 4.79 Å². The maximum absolute atomic E-state index is 10.7. The molecule has 1 aromatic rings. The standard InChI is InChI=1S/C13H22N4O2S/c1-10(8-16-6-4-3-5-7-16)17-11(2)14-15-13(17)20-9-12(18)19/h10H,3-9H2,1-2H3,(H,18,19). The van der Waals surface area contributed by atoms with Gasteiger partial charge < -0.3 is 14.6 Å². The van der Waals surface area contributed by atoms with Crippen molar-refractivity contribution in [3.05, 3.63) is 5.82 Å². The van der Waals surface area contributed by atoms with Crippen LogP contribution in [0.2, 0.25) is 0 Å². The Bertz CT molecular complexity index is 457. The van der Waals surface area contributed by atoms with Crippen molar-refractivity contribution >= 4 is 17.7 Å². The fraction of sp³-hybridized carbons (Fsp3) is 0.769. The Kier molecular flexibility index (Phi) is 5.42. The Morgan fingerprint density at radius 2 is 2.05 bits per heavy atom. The van der Waals surface area contributed by atoms with E-state index >= 15 is 0 Å². The number of hydrogen-bond acceptors (Lipinski definition) is 5. The van der Waals surface area contributed by atoms with Gasteiger partial charge in [0.1, 0.15) is 5.82 Å². The normalized spacial score (nSPS) is 18.1. The van der Waals surface area contributed by atoms with Crippen molar-refractivity contribution in [2.75, 3.05) is 25.4 Å². The highest BCUT2D eigenvalue weighted by atomic mass is 32.2. The molecule has 112 valence electrons. The molecular weight excluding hydrogens is 276 g/mol. The van der Waals surface area contributed by atoms with Crippen LogP contribution in [0.5, 0.6) is 0 Å². The van der Waals surface area contributed by atoms with Gasteiger partial charge in [-0.2, -0.15) is 0 Å². The smallest absolute Gasteiger partial charge is 0.313 e. The molecule has 7 heteroatoms. The molecule has 1 unspecified atom stereocenters. The predicted octanol–water partition coefficient (Wildman–Crippen LogP) is 1.81. The highest BCUT2D eigenvalue weighted by Gasteiger charge is 2.19. The van der Waals surface area contributed by atoms with E-state index in [1.54, 1.807) is 0 Å². The summed E-state index contributed by atoms with van der Waals surface area (Å²) in [5, 5.41) is 17.7. The van der Waals surface area contributed by atoms with E-state index in [4.69, 9.17) is 5.11 Å². The molecule has 6 nitrogen and oxygen atoms in total. The van der Waals surface area contributed by atoms with E-state index in [0.717, 1.165) is 25.5 Å². The van der Waals surface area contributed by atoms with Gasteiger partial charge in [0.15, 0.2) is 5.16 Å². The van der Waals surface area contributed by atoms with E-state index in [-0.39, 0.29) is 11.8 Å². The van der Waals surface area contributed by atoms with E-state index in [0.29, 0.717) is 5.16 Å². The van der Waals surface area contributed by atoms with E-state index < -0.39 is 5.97 Å². The first-order chi connectivity index (χ1) is 9.58. The second-order valence-electron chi connectivity index (χ2n) is 5.29. The van der Waals surface area contributed by atoms with Crippen LogP contribution in [0.3, 0.4) is 0 Å². The summed E-state index contributed by atoms with van der Waals surface area (Å²) in [4.78, 5) is 13.2. The third-order valence-corrected chi connectivity index (χ3v) is 4.50. The fourth-order valence-electron chi connectivity index (χ4n) is 2.68. The van der Waals surface area contributed by atoms with Crippen molar-refractivity contribution in [3.8, 4) is 0 Å². The van der Waals surface area contributed by atoms with Gasteiger partial charge in [-0.1, -0.05) is 18.2 Å². The number of rotatable bonds is 6. The number of thioether (sulfide) groups is 1. The minimum atomic E-state index is -0.828. The Labute approximate surface area is 123 Å². The molecule has 1 saturated heterocycles. The Hall–Kier alpha value is -1.08. The quantitative estimate of drug-likeness (QED) is 0.808. The number of aromatic nitrogens is 3. The maximum atomic E-state index is 10.7. The Morgan fingerprint density at radius 1 is 1.35 bits per heavy atom. The molecule has 0 aromatic carbocycles. The predicted molar refractivity (Wildman–Crippen MR) is 78.1 cm³/mol. The highest BCUT2D eigenvalue weighted by molar-refractivity contribution is 7.99. The summed E-state index contributed by atoms with van der Waals surface area (Å²) in [6.07, 6.45) is 3.87. The molecule has 0 radical (unpaired) electrons. The largest absolute Gasteiger partial charge is 0.481 e. The number of piperidine rings is 1. The molecule has 20 heavy (non-hydrogen) atoms. The van der Waals surface area contributed by atoms with Crippen LogP contribution in [0.25, 0.3) is 0 Å². The number of aryl methyl sites for hydroxylation is 1. The fourth-order valence-corrected chi connectivity index (χ4v) is 3.48. The van der Waals surface area contributed by atoms with Gasteiger partial charge in [0.2, 0.25) is 0 Å². The van der Waals surface area contributed by atoms with Gasteiger partial charge in [0.05, 0.1) is 5.75 Å². The van der Waals surface area contributed by atoms with Gasteiger partial charge in [-0.15, -0.1) is 10.2 Å². The number of carboxylic acids is 1. The second kappa shape index (κ2) is 7.08. The van der Waals surface area contributed by atoms with Crippen LogP contribution in [0.15, 0.2) is 5.16 Å². The zero-order valence-electron chi connectivity index (χ0n) is 12.1. The molecule has 2 heterocycles. The van der Waals surface area contributed by atoms with Crippen LogP contribution in [-0.4, -0.2) is 56.1 Å². The molecule has 1 N–H and O–H groups in total. The number of carboxylic acid groups (broad SMARTS) is 1. The van der Waals surface area contributed by atoms with E-state index in [1.807, 2.05) is 6.92 Å². The monoisotopic (exact) mass is 298 g/mol. The lowest BCUT2D eigenvalue weighted by atomic mass is 10.1. The summed E-state index contributed by atoms with van der Waals surface area (Å²) >= 11 is 1.24. The highest BCUT2D eigenvalue weighted by Crippen LogP contribution is 2.23. The summed E-state index contributed by atoms with van der Waals surface area (Å²) in [6, 6.07) is 0.263. The summed E-state index contributed by atoms with van der Waals surface area (Å²) in [5.41, 5.74) is 0. The molecule has 1 atom stereocenters. The van der Waals surface area contributed by atoms with Crippen LogP contribution in [0.4, 0.5) is 0 Å². The first kappa shape index (κ1) is 15.3.